The van der Waals surface area contributed by atoms with Crippen molar-refractivity contribution in [1.29, 1.82) is 0 Å². The molecule has 0 aromatic heterocycles. The van der Waals surface area contributed by atoms with Gasteiger partial charge < -0.3 is 15.4 Å². The van der Waals surface area contributed by atoms with Gasteiger partial charge in [-0.15, -0.1) is 12.4 Å². The number of methoxy groups -OCH3 is 1. The van der Waals surface area contributed by atoms with Gasteiger partial charge in [-0.2, -0.15) is 0 Å². The van der Waals surface area contributed by atoms with Crippen molar-refractivity contribution in [1.82, 2.24) is 4.90 Å². The van der Waals surface area contributed by atoms with Gasteiger partial charge in [-0.3, -0.25) is 4.79 Å². The molecule has 1 amide bonds. The normalized spacial score (nSPS) is 19.4. The highest BCUT2D eigenvalue weighted by atomic mass is 35.5. The lowest BCUT2D eigenvalue weighted by atomic mass is 10.00. The van der Waals surface area contributed by atoms with E-state index < -0.39 is 0 Å². The summed E-state index contributed by atoms with van der Waals surface area (Å²) in [7, 11) is 1.67. The van der Waals surface area contributed by atoms with E-state index in [1.165, 1.54) is 18.4 Å². The maximum atomic E-state index is 12.6. The molecule has 1 saturated heterocycles. The van der Waals surface area contributed by atoms with Crippen molar-refractivity contribution in [3.63, 3.8) is 0 Å². The molecule has 130 valence electrons. The Morgan fingerprint density at radius 1 is 1.30 bits per heavy atom. The number of hydrogen-bond donors (Lipinski definition) is 1. The standard InChI is InChI=1S/C18H28N2O2.ClH/c1-14(19)7-12-18(21)20-13-5-3-4-6-17(20)15-8-10-16(22-2)11-9-15;/h8-11,14,17H,3-7,12-13,19H2,1-2H3;1H. The number of rotatable bonds is 5. The first-order chi connectivity index (χ1) is 10.6. The van der Waals surface area contributed by atoms with Crippen molar-refractivity contribution in [3.05, 3.63) is 29.8 Å². The Morgan fingerprint density at radius 3 is 2.61 bits per heavy atom. The summed E-state index contributed by atoms with van der Waals surface area (Å²) in [5.41, 5.74) is 7.00. The van der Waals surface area contributed by atoms with Crippen LogP contribution < -0.4 is 10.5 Å². The van der Waals surface area contributed by atoms with Crippen LogP contribution in [0.5, 0.6) is 5.75 Å². The number of carbonyl (C=O) groups is 1. The van der Waals surface area contributed by atoms with Crippen molar-refractivity contribution in [3.8, 4) is 5.75 Å². The van der Waals surface area contributed by atoms with Crippen molar-refractivity contribution in [2.24, 2.45) is 5.73 Å². The molecule has 23 heavy (non-hydrogen) atoms. The van der Waals surface area contributed by atoms with Gasteiger partial charge in [0.15, 0.2) is 0 Å². The number of halogens is 1. The van der Waals surface area contributed by atoms with E-state index >= 15 is 0 Å². The van der Waals surface area contributed by atoms with E-state index in [9.17, 15) is 4.79 Å². The average molecular weight is 341 g/mol. The summed E-state index contributed by atoms with van der Waals surface area (Å²) >= 11 is 0. The van der Waals surface area contributed by atoms with Crippen molar-refractivity contribution >= 4 is 18.3 Å². The summed E-state index contributed by atoms with van der Waals surface area (Å²) in [5.74, 6) is 1.09. The molecule has 1 heterocycles. The van der Waals surface area contributed by atoms with Crippen LogP contribution >= 0.6 is 12.4 Å². The molecule has 0 aliphatic carbocycles. The van der Waals surface area contributed by atoms with E-state index in [4.69, 9.17) is 10.5 Å². The van der Waals surface area contributed by atoms with Crippen molar-refractivity contribution in [2.45, 2.75) is 57.5 Å². The molecule has 2 rings (SSSR count). The second-order valence-corrected chi connectivity index (χ2v) is 6.24. The summed E-state index contributed by atoms with van der Waals surface area (Å²) in [6.07, 6.45) is 5.80. The fourth-order valence-electron chi connectivity index (χ4n) is 3.07. The summed E-state index contributed by atoms with van der Waals surface area (Å²) in [6.45, 7) is 2.81. The Hall–Kier alpha value is -1.26. The van der Waals surface area contributed by atoms with E-state index in [-0.39, 0.29) is 30.4 Å². The minimum atomic E-state index is 0. The predicted octanol–water partition coefficient (Wildman–Crippen LogP) is 3.69. The molecule has 2 unspecified atom stereocenters. The first-order valence-corrected chi connectivity index (χ1v) is 8.31. The van der Waals surface area contributed by atoms with Gasteiger partial charge in [-0.25, -0.2) is 0 Å². The Morgan fingerprint density at radius 2 is 2.00 bits per heavy atom. The smallest absolute Gasteiger partial charge is 0.223 e. The Bertz CT molecular complexity index is 476. The third-order valence-corrected chi connectivity index (χ3v) is 4.39. The topological polar surface area (TPSA) is 55.6 Å². The Labute approximate surface area is 145 Å². The lowest BCUT2D eigenvalue weighted by molar-refractivity contribution is -0.133. The van der Waals surface area contributed by atoms with Crippen LogP contribution in [0.25, 0.3) is 0 Å². The van der Waals surface area contributed by atoms with E-state index in [1.807, 2.05) is 19.1 Å². The Kier molecular flexibility index (Phi) is 8.42. The van der Waals surface area contributed by atoms with Gasteiger partial charge in [0, 0.05) is 19.0 Å². The predicted molar refractivity (Wildman–Crippen MR) is 96.0 cm³/mol. The lowest BCUT2D eigenvalue weighted by Gasteiger charge is -2.31. The first-order valence-electron chi connectivity index (χ1n) is 8.31. The highest BCUT2D eigenvalue weighted by Gasteiger charge is 2.26. The zero-order valence-electron chi connectivity index (χ0n) is 14.2. The number of nitrogens with two attached hydrogens (primary N) is 1. The molecule has 1 aromatic rings. The molecule has 0 saturated carbocycles. The second-order valence-electron chi connectivity index (χ2n) is 6.24. The van der Waals surface area contributed by atoms with E-state index in [2.05, 4.69) is 17.0 Å². The summed E-state index contributed by atoms with van der Waals surface area (Å²) in [5, 5.41) is 0. The van der Waals surface area contributed by atoms with Crippen molar-refractivity contribution in [2.75, 3.05) is 13.7 Å². The van der Waals surface area contributed by atoms with Gasteiger partial charge >= 0.3 is 0 Å². The van der Waals surface area contributed by atoms with E-state index in [0.717, 1.165) is 31.6 Å². The van der Waals surface area contributed by atoms with Crippen molar-refractivity contribution < 1.29 is 9.53 Å². The fraction of sp³-hybridized carbons (Fsp3) is 0.611. The molecular weight excluding hydrogens is 312 g/mol. The molecule has 2 N–H and O–H groups in total. The van der Waals surface area contributed by atoms with E-state index in [1.54, 1.807) is 7.11 Å². The third-order valence-electron chi connectivity index (χ3n) is 4.39. The molecule has 0 radical (unpaired) electrons. The van der Waals surface area contributed by atoms with Crippen LogP contribution in [0.4, 0.5) is 0 Å². The first kappa shape index (κ1) is 19.8. The third kappa shape index (κ3) is 5.70. The molecule has 0 bridgehead atoms. The number of hydrogen-bond acceptors (Lipinski definition) is 3. The molecule has 5 heteroatoms. The largest absolute Gasteiger partial charge is 0.497 e. The van der Waals surface area contributed by atoms with Gasteiger partial charge in [0.2, 0.25) is 5.91 Å². The van der Waals surface area contributed by atoms with Crippen LogP contribution in [-0.4, -0.2) is 30.5 Å². The summed E-state index contributed by atoms with van der Waals surface area (Å²) in [6, 6.07) is 8.39. The Balaban J connectivity index is 0.00000264. The number of amides is 1. The zero-order chi connectivity index (χ0) is 15.9. The summed E-state index contributed by atoms with van der Waals surface area (Å²) in [4.78, 5) is 14.7. The van der Waals surface area contributed by atoms with Crippen LogP contribution in [-0.2, 0) is 4.79 Å². The van der Waals surface area contributed by atoms with Gasteiger partial charge in [0.05, 0.1) is 13.2 Å². The van der Waals surface area contributed by atoms with Crippen LogP contribution in [0.2, 0.25) is 0 Å². The lowest BCUT2D eigenvalue weighted by Crippen LogP contribution is -2.35. The van der Waals surface area contributed by atoms with Crippen LogP contribution in [0.1, 0.15) is 57.1 Å². The quantitative estimate of drug-likeness (QED) is 0.889. The molecule has 1 aliphatic rings. The number of nitrogens with zero attached hydrogens (tertiary/aromatic N) is 1. The maximum Gasteiger partial charge on any atom is 0.223 e. The monoisotopic (exact) mass is 340 g/mol. The molecule has 4 nitrogen and oxygen atoms in total. The van der Waals surface area contributed by atoms with E-state index in [0.29, 0.717) is 6.42 Å². The SMILES string of the molecule is COc1ccc(C2CCCCCN2C(=O)CCC(C)N)cc1.Cl. The van der Waals surface area contributed by atoms with Crippen LogP contribution in [0, 0.1) is 0 Å². The van der Waals surface area contributed by atoms with Gasteiger partial charge in [-0.05, 0) is 43.9 Å². The molecule has 0 spiro atoms. The second kappa shape index (κ2) is 9.78. The minimum absolute atomic E-state index is 0. The average Bonchev–Trinajstić information content (AvgIpc) is 2.78. The minimum Gasteiger partial charge on any atom is -0.497 e. The molecule has 1 aliphatic heterocycles. The van der Waals surface area contributed by atoms with Gasteiger partial charge in [0.1, 0.15) is 5.75 Å². The van der Waals surface area contributed by atoms with Gasteiger partial charge in [-0.1, -0.05) is 25.0 Å². The number of carbonyl (C=O) groups excluding carboxylic acids is 1. The summed E-state index contributed by atoms with van der Waals surface area (Å²) < 4.78 is 5.23. The molecule has 1 fully saturated rings. The number of likely N-dealkylation sites (tertiary alicyclic amines) is 1. The highest BCUT2D eigenvalue weighted by Crippen LogP contribution is 2.31. The maximum absolute atomic E-state index is 12.6. The zero-order valence-corrected chi connectivity index (χ0v) is 15.0. The van der Waals surface area contributed by atoms with Crippen LogP contribution in [0.3, 0.4) is 0 Å². The number of benzene rings is 1. The molecule has 1 aromatic carbocycles. The molecule has 2 atom stereocenters. The molecular formula is C18H29ClN2O2. The van der Waals surface area contributed by atoms with Gasteiger partial charge in [0.25, 0.3) is 0 Å². The van der Waals surface area contributed by atoms with Crippen LogP contribution in [0.15, 0.2) is 24.3 Å². The fourth-order valence-corrected chi connectivity index (χ4v) is 3.07. The highest BCUT2D eigenvalue weighted by molar-refractivity contribution is 5.85. The number of ether oxygens (including phenoxy) is 1.